The van der Waals surface area contributed by atoms with E-state index in [0.29, 0.717) is 5.69 Å². The standard InChI is InChI=1S/C11H13N3O/c1-15-10-4-2-3-9(11(10)12)5-8-6-13-14-7-8/h2-4,6-7H,5,12H2,1H3,(H,13,14). The molecule has 0 bridgehead atoms. The molecule has 4 heteroatoms. The first-order valence-corrected chi connectivity index (χ1v) is 4.70. The number of benzene rings is 1. The van der Waals surface area contributed by atoms with Gasteiger partial charge in [0.2, 0.25) is 0 Å². The highest BCUT2D eigenvalue weighted by atomic mass is 16.5. The third-order valence-electron chi connectivity index (χ3n) is 2.33. The van der Waals surface area contributed by atoms with Crippen molar-refractivity contribution < 1.29 is 4.74 Å². The van der Waals surface area contributed by atoms with Crippen molar-refractivity contribution in [3.8, 4) is 5.75 Å². The smallest absolute Gasteiger partial charge is 0.142 e. The molecular weight excluding hydrogens is 190 g/mol. The number of nitrogens with zero attached hydrogens (tertiary/aromatic N) is 1. The van der Waals surface area contributed by atoms with Crippen LogP contribution < -0.4 is 10.5 Å². The zero-order valence-electron chi connectivity index (χ0n) is 8.53. The maximum Gasteiger partial charge on any atom is 0.142 e. The van der Waals surface area contributed by atoms with Gasteiger partial charge in [0.1, 0.15) is 5.75 Å². The van der Waals surface area contributed by atoms with Crippen molar-refractivity contribution in [3.05, 3.63) is 41.7 Å². The fourth-order valence-electron chi connectivity index (χ4n) is 1.52. The number of nitrogen functional groups attached to an aromatic ring is 1. The molecule has 15 heavy (non-hydrogen) atoms. The number of hydrogen-bond donors (Lipinski definition) is 2. The lowest BCUT2D eigenvalue weighted by Gasteiger charge is -2.08. The maximum absolute atomic E-state index is 5.95. The number of methoxy groups -OCH3 is 1. The number of anilines is 1. The highest BCUT2D eigenvalue weighted by Crippen LogP contribution is 2.26. The molecule has 0 saturated heterocycles. The zero-order chi connectivity index (χ0) is 10.7. The van der Waals surface area contributed by atoms with E-state index in [1.54, 1.807) is 13.3 Å². The van der Waals surface area contributed by atoms with Crippen LogP contribution in [0, 0.1) is 0 Å². The van der Waals surface area contributed by atoms with Gasteiger partial charge in [-0.05, 0) is 17.2 Å². The molecule has 0 radical (unpaired) electrons. The van der Waals surface area contributed by atoms with Crippen molar-refractivity contribution in [2.24, 2.45) is 0 Å². The Hall–Kier alpha value is -1.97. The second kappa shape index (κ2) is 4.04. The van der Waals surface area contributed by atoms with Crippen LogP contribution in [0.3, 0.4) is 0 Å². The second-order valence-corrected chi connectivity index (χ2v) is 3.32. The molecule has 2 aromatic rings. The topological polar surface area (TPSA) is 63.9 Å². The summed E-state index contributed by atoms with van der Waals surface area (Å²) in [7, 11) is 1.62. The molecule has 0 amide bonds. The maximum atomic E-state index is 5.95. The number of hydrogen-bond acceptors (Lipinski definition) is 3. The fourth-order valence-corrected chi connectivity index (χ4v) is 1.52. The number of nitrogens with one attached hydrogen (secondary N) is 1. The number of aromatic amines is 1. The Morgan fingerprint density at radius 2 is 2.33 bits per heavy atom. The summed E-state index contributed by atoms with van der Waals surface area (Å²) in [5.74, 6) is 0.719. The molecule has 0 aliphatic carbocycles. The lowest BCUT2D eigenvalue weighted by Crippen LogP contribution is -1.98. The van der Waals surface area contributed by atoms with Gasteiger partial charge in [0, 0.05) is 12.6 Å². The molecule has 78 valence electrons. The van der Waals surface area contributed by atoms with Crippen molar-refractivity contribution in [1.29, 1.82) is 0 Å². The van der Waals surface area contributed by atoms with Crippen LogP contribution in [0.1, 0.15) is 11.1 Å². The van der Waals surface area contributed by atoms with Crippen LogP contribution in [0.25, 0.3) is 0 Å². The number of rotatable bonds is 3. The first-order chi connectivity index (χ1) is 7.31. The number of aromatic nitrogens is 2. The molecule has 0 spiro atoms. The Balaban J connectivity index is 2.29. The van der Waals surface area contributed by atoms with Crippen molar-refractivity contribution in [2.75, 3.05) is 12.8 Å². The average molecular weight is 203 g/mol. The van der Waals surface area contributed by atoms with Crippen LogP contribution in [-0.4, -0.2) is 17.3 Å². The van der Waals surface area contributed by atoms with E-state index >= 15 is 0 Å². The first kappa shape index (κ1) is 9.58. The predicted octanol–water partition coefficient (Wildman–Crippen LogP) is 1.59. The Bertz CT molecular complexity index is 437. The van der Waals surface area contributed by atoms with Crippen molar-refractivity contribution >= 4 is 5.69 Å². The van der Waals surface area contributed by atoms with Gasteiger partial charge < -0.3 is 10.5 Å². The highest BCUT2D eigenvalue weighted by molar-refractivity contribution is 5.59. The summed E-state index contributed by atoms with van der Waals surface area (Å²) in [6.07, 6.45) is 4.41. The normalized spacial score (nSPS) is 10.2. The molecule has 2 rings (SSSR count). The summed E-state index contributed by atoms with van der Waals surface area (Å²) in [5.41, 5.74) is 8.81. The number of nitrogens with two attached hydrogens (primary N) is 1. The molecule has 0 aliphatic rings. The molecule has 4 nitrogen and oxygen atoms in total. The van der Waals surface area contributed by atoms with Gasteiger partial charge in [-0.2, -0.15) is 5.10 Å². The van der Waals surface area contributed by atoms with Crippen molar-refractivity contribution in [3.63, 3.8) is 0 Å². The summed E-state index contributed by atoms with van der Waals surface area (Å²) < 4.78 is 5.16. The Kier molecular flexibility index (Phi) is 2.58. The average Bonchev–Trinajstić information content (AvgIpc) is 2.74. The van der Waals surface area contributed by atoms with E-state index in [4.69, 9.17) is 10.5 Å². The third-order valence-corrected chi connectivity index (χ3v) is 2.33. The van der Waals surface area contributed by atoms with Crippen LogP contribution in [0.5, 0.6) is 5.75 Å². The SMILES string of the molecule is COc1cccc(Cc2cn[nH]c2)c1N. The number of para-hydroxylation sites is 1. The van der Waals surface area contributed by atoms with Crippen LogP contribution in [0.2, 0.25) is 0 Å². The molecule has 0 atom stereocenters. The van der Waals surface area contributed by atoms with Gasteiger partial charge in [0.25, 0.3) is 0 Å². The summed E-state index contributed by atoms with van der Waals surface area (Å²) in [5, 5.41) is 6.67. The molecule has 3 N–H and O–H groups in total. The van der Waals surface area contributed by atoms with E-state index in [1.807, 2.05) is 24.4 Å². The van der Waals surface area contributed by atoms with Gasteiger partial charge in [-0.3, -0.25) is 5.10 Å². The summed E-state index contributed by atoms with van der Waals surface area (Å²) in [6, 6.07) is 5.78. The predicted molar refractivity (Wildman–Crippen MR) is 58.8 cm³/mol. The minimum atomic E-state index is 0.696. The fraction of sp³-hybridized carbons (Fsp3) is 0.182. The van der Waals surface area contributed by atoms with Gasteiger partial charge >= 0.3 is 0 Å². The Morgan fingerprint density at radius 1 is 1.47 bits per heavy atom. The van der Waals surface area contributed by atoms with Crippen LogP contribution in [0.15, 0.2) is 30.6 Å². The second-order valence-electron chi connectivity index (χ2n) is 3.32. The van der Waals surface area contributed by atoms with Crippen LogP contribution in [-0.2, 0) is 6.42 Å². The van der Waals surface area contributed by atoms with Crippen molar-refractivity contribution in [1.82, 2.24) is 10.2 Å². The molecule has 0 fully saturated rings. The lowest BCUT2D eigenvalue weighted by molar-refractivity contribution is 0.416. The van der Waals surface area contributed by atoms with Gasteiger partial charge in [-0.15, -0.1) is 0 Å². The van der Waals surface area contributed by atoms with Crippen molar-refractivity contribution in [2.45, 2.75) is 6.42 Å². The van der Waals surface area contributed by atoms with Gasteiger partial charge in [-0.1, -0.05) is 12.1 Å². The Labute approximate surface area is 88.1 Å². The first-order valence-electron chi connectivity index (χ1n) is 4.70. The minimum absolute atomic E-state index is 0.696. The summed E-state index contributed by atoms with van der Waals surface area (Å²) >= 11 is 0. The summed E-state index contributed by atoms with van der Waals surface area (Å²) in [6.45, 7) is 0. The molecule has 1 aromatic heterocycles. The van der Waals surface area contributed by atoms with E-state index in [9.17, 15) is 0 Å². The molecule has 0 aliphatic heterocycles. The quantitative estimate of drug-likeness (QED) is 0.744. The zero-order valence-corrected chi connectivity index (χ0v) is 8.53. The molecular formula is C11H13N3O. The van der Waals surface area contributed by atoms with E-state index in [-0.39, 0.29) is 0 Å². The largest absolute Gasteiger partial charge is 0.495 e. The van der Waals surface area contributed by atoms with Crippen LogP contribution in [0.4, 0.5) is 5.69 Å². The molecule has 0 saturated carbocycles. The third kappa shape index (κ3) is 1.93. The number of ether oxygens (including phenoxy) is 1. The monoisotopic (exact) mass is 203 g/mol. The van der Waals surface area contributed by atoms with E-state index in [1.165, 1.54) is 0 Å². The highest BCUT2D eigenvalue weighted by Gasteiger charge is 2.05. The van der Waals surface area contributed by atoms with Gasteiger partial charge in [0.05, 0.1) is 19.0 Å². The minimum Gasteiger partial charge on any atom is -0.495 e. The van der Waals surface area contributed by atoms with Crippen LogP contribution >= 0.6 is 0 Å². The molecule has 1 aromatic carbocycles. The lowest BCUT2D eigenvalue weighted by atomic mass is 10.1. The Morgan fingerprint density at radius 3 is 3.00 bits per heavy atom. The summed E-state index contributed by atoms with van der Waals surface area (Å²) in [4.78, 5) is 0. The van der Waals surface area contributed by atoms with Gasteiger partial charge in [-0.25, -0.2) is 0 Å². The molecule has 0 unspecified atom stereocenters. The molecule has 1 heterocycles. The van der Waals surface area contributed by atoms with E-state index in [0.717, 1.165) is 23.3 Å². The number of H-pyrrole nitrogens is 1. The van der Waals surface area contributed by atoms with E-state index in [2.05, 4.69) is 10.2 Å². The van der Waals surface area contributed by atoms with Gasteiger partial charge in [0.15, 0.2) is 0 Å². The van der Waals surface area contributed by atoms with E-state index < -0.39 is 0 Å².